The number of pyridine rings is 3. The third kappa shape index (κ3) is 7.93. The van der Waals surface area contributed by atoms with Crippen molar-refractivity contribution in [2.45, 2.75) is 76.6 Å². The summed E-state index contributed by atoms with van der Waals surface area (Å²) < 4.78 is 4.61. The van der Waals surface area contributed by atoms with Crippen LogP contribution in [0.25, 0.3) is 22.0 Å². The number of carbonyl (C=O) groups excluding carboxylic acids is 3. The number of rotatable bonds is 9. The van der Waals surface area contributed by atoms with E-state index in [1.54, 1.807) is 53.5 Å². The summed E-state index contributed by atoms with van der Waals surface area (Å²) in [5, 5.41) is 16.9. The molecule has 0 radical (unpaired) electrons. The number of benzene rings is 1. The molecule has 3 N–H and O–H groups in total. The highest BCUT2D eigenvalue weighted by atomic mass is 32.1. The topological polar surface area (TPSA) is 183 Å². The van der Waals surface area contributed by atoms with Gasteiger partial charge in [-0.15, -0.1) is 11.3 Å². The molecule has 9 heterocycles. The monoisotopic (exact) mass is 949 g/mol. The molecule has 5 aliphatic rings. The zero-order valence-electron chi connectivity index (χ0n) is 39.0. The van der Waals surface area contributed by atoms with E-state index in [1.807, 2.05) is 42.6 Å². The number of aromatic nitrogens is 5. The number of hydrogen-bond acceptors (Lipinski definition) is 13. The lowest BCUT2D eigenvalue weighted by Crippen LogP contribution is -2.57. The van der Waals surface area contributed by atoms with E-state index >= 15 is 0 Å². The highest BCUT2D eigenvalue weighted by Crippen LogP contribution is 2.40. The zero-order chi connectivity index (χ0) is 47.7. The number of piperidine rings is 1. The predicted molar refractivity (Wildman–Crippen MR) is 267 cm³/mol. The van der Waals surface area contributed by atoms with Crippen LogP contribution >= 0.6 is 11.3 Å². The van der Waals surface area contributed by atoms with Gasteiger partial charge in [0, 0.05) is 106 Å². The fourth-order valence-electron chi connectivity index (χ4n) is 11.3. The Morgan fingerprint density at radius 3 is 2.45 bits per heavy atom. The molecule has 2 atom stereocenters. The van der Waals surface area contributed by atoms with Crippen molar-refractivity contribution in [2.75, 3.05) is 59.3 Å². The van der Waals surface area contributed by atoms with E-state index in [0.717, 1.165) is 93.9 Å². The SMILES string of the molecule is C[C@H]1CN(C2CCN(c3ccc4c(=O)n(C)n(C5C=CC(=O)NC5=O)c4c3)CC2)CCN1c1ccc(Nc2cc(-c3ccnc(N4CCc5c(sc6c5CCCC6)C4=O)c3CO)cn(C)c2=O)nc1. The van der Waals surface area contributed by atoms with Crippen LogP contribution in [0.1, 0.15) is 69.9 Å². The Kier molecular flexibility index (Phi) is 11.6. The Balaban J connectivity index is 0.737. The van der Waals surface area contributed by atoms with E-state index in [0.29, 0.717) is 57.5 Å². The van der Waals surface area contributed by atoms with E-state index in [-0.39, 0.29) is 29.7 Å². The van der Waals surface area contributed by atoms with Gasteiger partial charge in [0.05, 0.1) is 34.3 Å². The van der Waals surface area contributed by atoms with Crippen LogP contribution in [-0.4, -0.2) is 103 Å². The number of anilines is 5. The molecule has 0 bridgehead atoms. The summed E-state index contributed by atoms with van der Waals surface area (Å²) in [6.07, 6.45) is 15.2. The lowest BCUT2D eigenvalue weighted by Gasteiger charge is -2.46. The first kappa shape index (κ1) is 44.6. The van der Waals surface area contributed by atoms with Crippen molar-refractivity contribution in [3.8, 4) is 11.1 Å². The molecule has 356 valence electrons. The number of aliphatic hydroxyl groups is 1. The number of aliphatic hydroxyl groups excluding tert-OH is 1. The van der Waals surface area contributed by atoms with Crippen molar-refractivity contribution in [1.29, 1.82) is 0 Å². The smallest absolute Gasteiger partial charge is 0.274 e. The minimum Gasteiger partial charge on any atom is -0.392 e. The number of nitrogens with zero attached hydrogens (tertiary/aromatic N) is 9. The summed E-state index contributed by atoms with van der Waals surface area (Å²) in [7, 11) is 3.34. The molecule has 17 nitrogen and oxygen atoms in total. The molecule has 4 aliphatic heterocycles. The molecule has 5 aromatic heterocycles. The molecular formula is C51H55N11O6S. The van der Waals surface area contributed by atoms with Gasteiger partial charge in [-0.1, -0.05) is 0 Å². The van der Waals surface area contributed by atoms with Crippen LogP contribution in [0.2, 0.25) is 0 Å². The number of imide groups is 1. The number of amides is 3. The van der Waals surface area contributed by atoms with Gasteiger partial charge in [-0.3, -0.25) is 48.5 Å². The molecule has 6 aromatic rings. The molecule has 2 fully saturated rings. The van der Waals surface area contributed by atoms with Crippen molar-refractivity contribution >= 4 is 68.7 Å². The number of fused-ring (bicyclic) bond motifs is 4. The lowest BCUT2D eigenvalue weighted by molar-refractivity contribution is -0.130. The average Bonchev–Trinajstić information content (AvgIpc) is 3.86. The van der Waals surface area contributed by atoms with E-state index in [1.165, 1.54) is 37.4 Å². The third-order valence-electron chi connectivity index (χ3n) is 14.9. The summed E-state index contributed by atoms with van der Waals surface area (Å²) >= 11 is 1.62. The van der Waals surface area contributed by atoms with Gasteiger partial charge in [0.2, 0.25) is 5.91 Å². The van der Waals surface area contributed by atoms with Crippen LogP contribution in [-0.2, 0) is 49.6 Å². The van der Waals surface area contributed by atoms with Crippen LogP contribution in [0.4, 0.5) is 28.7 Å². The molecule has 3 amide bonds. The first-order valence-corrected chi connectivity index (χ1v) is 24.8. The van der Waals surface area contributed by atoms with E-state index in [9.17, 15) is 29.1 Å². The Morgan fingerprint density at radius 1 is 0.870 bits per heavy atom. The Hall–Kier alpha value is -6.89. The van der Waals surface area contributed by atoms with Gasteiger partial charge in [0.25, 0.3) is 22.9 Å². The van der Waals surface area contributed by atoms with Crippen LogP contribution in [0.3, 0.4) is 0 Å². The quantitative estimate of drug-likeness (QED) is 0.169. The maximum atomic E-state index is 14.0. The Labute approximate surface area is 402 Å². The van der Waals surface area contributed by atoms with Crippen molar-refractivity contribution in [2.24, 2.45) is 14.1 Å². The molecule has 2 saturated heterocycles. The fraction of sp³-hybridized carbons (Fsp3) is 0.392. The summed E-state index contributed by atoms with van der Waals surface area (Å²) in [6, 6.07) is 13.2. The number of aryl methyl sites for hydroxylation is 2. The first-order chi connectivity index (χ1) is 33.4. The molecule has 1 aliphatic carbocycles. The van der Waals surface area contributed by atoms with Crippen molar-refractivity contribution in [3.05, 3.63) is 120 Å². The lowest BCUT2D eigenvalue weighted by atomic mass is 9.92. The predicted octanol–water partition coefficient (Wildman–Crippen LogP) is 4.81. The van der Waals surface area contributed by atoms with Gasteiger partial charge < -0.3 is 24.8 Å². The van der Waals surface area contributed by atoms with Gasteiger partial charge in [-0.25, -0.2) is 9.97 Å². The average molecular weight is 950 g/mol. The second-order valence-electron chi connectivity index (χ2n) is 18.9. The summed E-state index contributed by atoms with van der Waals surface area (Å²) in [6.45, 7) is 6.78. The zero-order valence-corrected chi connectivity index (χ0v) is 39.8. The number of piperazine rings is 1. The molecule has 1 aromatic carbocycles. The first-order valence-electron chi connectivity index (χ1n) is 23.9. The van der Waals surface area contributed by atoms with Crippen LogP contribution in [0.15, 0.2) is 82.8 Å². The van der Waals surface area contributed by atoms with Crippen molar-refractivity contribution in [1.82, 2.24) is 34.1 Å². The van der Waals surface area contributed by atoms with E-state index < -0.39 is 17.9 Å². The minimum absolute atomic E-state index is 0.0650. The molecular weight excluding hydrogens is 895 g/mol. The van der Waals surface area contributed by atoms with Crippen molar-refractivity contribution in [3.63, 3.8) is 0 Å². The highest BCUT2D eigenvalue weighted by Gasteiger charge is 2.35. The van der Waals surface area contributed by atoms with Crippen LogP contribution < -0.4 is 36.5 Å². The molecule has 69 heavy (non-hydrogen) atoms. The molecule has 11 rings (SSSR count). The number of hydrogen-bond donors (Lipinski definition) is 3. The molecule has 18 heteroatoms. The van der Waals surface area contributed by atoms with Gasteiger partial charge in [0.15, 0.2) is 0 Å². The second-order valence-corrected chi connectivity index (χ2v) is 20.0. The second kappa shape index (κ2) is 17.9. The molecule has 1 unspecified atom stereocenters. The van der Waals surface area contributed by atoms with Crippen LogP contribution in [0, 0.1) is 0 Å². The van der Waals surface area contributed by atoms with Gasteiger partial charge in [0.1, 0.15) is 23.4 Å². The molecule has 0 saturated carbocycles. The highest BCUT2D eigenvalue weighted by molar-refractivity contribution is 7.14. The third-order valence-corrected chi connectivity index (χ3v) is 16.2. The van der Waals surface area contributed by atoms with Gasteiger partial charge in [-0.2, -0.15) is 0 Å². The number of thiophene rings is 1. The van der Waals surface area contributed by atoms with E-state index in [4.69, 9.17) is 4.98 Å². The number of carbonyl (C=O) groups is 3. The van der Waals surface area contributed by atoms with Crippen molar-refractivity contribution < 1.29 is 19.5 Å². The maximum absolute atomic E-state index is 14.0. The Bertz CT molecular complexity index is 3200. The van der Waals surface area contributed by atoms with Gasteiger partial charge >= 0.3 is 0 Å². The normalized spacial score (nSPS) is 20.1. The van der Waals surface area contributed by atoms with Gasteiger partial charge in [-0.05, 0) is 117 Å². The van der Waals surface area contributed by atoms with E-state index in [2.05, 4.69) is 37.2 Å². The summed E-state index contributed by atoms with van der Waals surface area (Å²) in [4.78, 5) is 85.8. The summed E-state index contributed by atoms with van der Waals surface area (Å²) in [5.41, 5.74) is 7.04. The number of nitrogens with one attached hydrogen (secondary N) is 2. The molecule has 0 spiro atoms. The maximum Gasteiger partial charge on any atom is 0.274 e. The fourth-order valence-corrected chi connectivity index (χ4v) is 12.7. The largest absolute Gasteiger partial charge is 0.392 e. The minimum atomic E-state index is -0.805. The summed E-state index contributed by atoms with van der Waals surface area (Å²) in [5.74, 6) is -0.0275. The van der Waals surface area contributed by atoms with Crippen LogP contribution in [0.5, 0.6) is 0 Å². The Morgan fingerprint density at radius 2 is 1.68 bits per heavy atom. The standard InChI is InChI=1S/C51H55N11O6S/c1-30-27-59(32-15-19-58(20-16-32)33-8-10-38-42(25-33)62(57(3)49(38)66)41-11-13-45(64)55-48(41)65)22-23-60(30)34-9-12-44(53-26-34)54-40-24-31(28-56(2)50(40)67)35-14-18-52-47(39(35)29-63)61-21-17-37-36-6-4-5-7-43(36)69-46(37)51(61)68/h8-14,18,24-26,28,30,32,41,63H,4-7,15-17,19-23,27,29H2,1-3H3,(H,53,54)(H,55,64,65)/t30-,41?/m0/s1.